The van der Waals surface area contributed by atoms with E-state index in [-0.39, 0.29) is 11.3 Å². The fraction of sp³-hybridized carbons (Fsp3) is 0.900. The molecule has 13 heavy (non-hydrogen) atoms. The second-order valence-electron chi connectivity index (χ2n) is 4.33. The molecule has 1 fully saturated rings. The molecule has 0 aromatic carbocycles. The largest absolute Gasteiger partial charge is 0.481 e. The summed E-state index contributed by atoms with van der Waals surface area (Å²) in [6.07, 6.45) is 2.48. The van der Waals surface area contributed by atoms with Crippen LogP contribution in [0.5, 0.6) is 0 Å². The Morgan fingerprint density at radius 2 is 2.23 bits per heavy atom. The minimum absolute atomic E-state index is 0.123. The molecule has 1 aliphatic heterocycles. The van der Waals surface area contributed by atoms with Crippen molar-refractivity contribution in [2.24, 2.45) is 11.3 Å². The SMILES string of the molecule is CCCC(CC1(C)COC1)C(=O)O. The topological polar surface area (TPSA) is 46.5 Å². The Balaban J connectivity index is 2.41. The lowest BCUT2D eigenvalue weighted by molar-refractivity contribution is -0.150. The molecule has 0 aliphatic carbocycles. The van der Waals surface area contributed by atoms with Crippen molar-refractivity contribution in [2.45, 2.75) is 33.1 Å². The van der Waals surface area contributed by atoms with Gasteiger partial charge < -0.3 is 9.84 Å². The first kappa shape index (κ1) is 10.5. The molecule has 0 bridgehead atoms. The second-order valence-corrected chi connectivity index (χ2v) is 4.33. The first-order chi connectivity index (χ1) is 6.07. The lowest BCUT2D eigenvalue weighted by atomic mass is 9.78. The third kappa shape index (κ3) is 2.69. The molecule has 1 aliphatic rings. The van der Waals surface area contributed by atoms with Gasteiger partial charge in [0.05, 0.1) is 19.1 Å². The van der Waals surface area contributed by atoms with Gasteiger partial charge in [0.25, 0.3) is 0 Å². The maximum absolute atomic E-state index is 10.9. The Labute approximate surface area is 79.1 Å². The predicted octanol–water partition coefficient (Wildman–Crippen LogP) is 1.91. The van der Waals surface area contributed by atoms with Gasteiger partial charge in [0.2, 0.25) is 0 Å². The van der Waals surface area contributed by atoms with E-state index in [9.17, 15) is 4.79 Å². The smallest absolute Gasteiger partial charge is 0.306 e. The monoisotopic (exact) mass is 186 g/mol. The quantitative estimate of drug-likeness (QED) is 0.713. The molecule has 76 valence electrons. The summed E-state index contributed by atoms with van der Waals surface area (Å²) in [5, 5.41) is 8.95. The molecule has 1 N–H and O–H groups in total. The maximum Gasteiger partial charge on any atom is 0.306 e. The number of carboxylic acid groups (broad SMARTS) is 1. The van der Waals surface area contributed by atoms with Gasteiger partial charge in [0.15, 0.2) is 0 Å². The summed E-state index contributed by atoms with van der Waals surface area (Å²) in [6, 6.07) is 0. The number of hydrogen-bond acceptors (Lipinski definition) is 2. The zero-order valence-corrected chi connectivity index (χ0v) is 8.38. The van der Waals surface area contributed by atoms with E-state index in [1.54, 1.807) is 0 Å². The van der Waals surface area contributed by atoms with Crippen molar-refractivity contribution in [1.29, 1.82) is 0 Å². The summed E-state index contributed by atoms with van der Waals surface area (Å²) in [4.78, 5) is 10.9. The highest BCUT2D eigenvalue weighted by Crippen LogP contribution is 2.35. The number of aliphatic carboxylic acids is 1. The van der Waals surface area contributed by atoms with Crippen LogP contribution in [-0.2, 0) is 9.53 Å². The molecule has 1 atom stereocenters. The van der Waals surface area contributed by atoms with E-state index in [1.165, 1.54) is 0 Å². The van der Waals surface area contributed by atoms with Crippen LogP contribution < -0.4 is 0 Å². The Morgan fingerprint density at radius 1 is 1.62 bits per heavy atom. The standard InChI is InChI=1S/C10H18O3/c1-3-4-8(9(11)12)5-10(2)6-13-7-10/h8H,3-7H2,1-2H3,(H,11,12). The van der Waals surface area contributed by atoms with Crippen molar-refractivity contribution >= 4 is 5.97 Å². The molecule has 0 saturated carbocycles. The average Bonchev–Trinajstić information content (AvgIpc) is 2.00. The fourth-order valence-electron chi connectivity index (χ4n) is 1.82. The summed E-state index contributed by atoms with van der Waals surface area (Å²) in [6.45, 7) is 5.57. The van der Waals surface area contributed by atoms with Gasteiger partial charge in [-0.05, 0) is 12.8 Å². The van der Waals surface area contributed by atoms with Gasteiger partial charge in [-0.25, -0.2) is 0 Å². The zero-order valence-electron chi connectivity index (χ0n) is 8.38. The lowest BCUT2D eigenvalue weighted by Gasteiger charge is -2.39. The minimum Gasteiger partial charge on any atom is -0.481 e. The van der Waals surface area contributed by atoms with E-state index in [0.717, 1.165) is 32.5 Å². The number of ether oxygens (including phenoxy) is 1. The van der Waals surface area contributed by atoms with E-state index in [2.05, 4.69) is 6.92 Å². The molecule has 3 nitrogen and oxygen atoms in total. The fourth-order valence-corrected chi connectivity index (χ4v) is 1.82. The van der Waals surface area contributed by atoms with Crippen molar-refractivity contribution in [3.8, 4) is 0 Å². The van der Waals surface area contributed by atoms with E-state index in [4.69, 9.17) is 9.84 Å². The number of hydrogen-bond donors (Lipinski definition) is 1. The first-order valence-electron chi connectivity index (χ1n) is 4.88. The van der Waals surface area contributed by atoms with E-state index < -0.39 is 5.97 Å². The Bertz CT molecular complexity index is 185. The highest BCUT2D eigenvalue weighted by molar-refractivity contribution is 5.70. The van der Waals surface area contributed by atoms with Crippen molar-refractivity contribution in [3.63, 3.8) is 0 Å². The third-order valence-electron chi connectivity index (χ3n) is 2.63. The molecule has 1 unspecified atom stereocenters. The summed E-state index contributed by atoms with van der Waals surface area (Å²) in [7, 11) is 0. The molecule has 1 saturated heterocycles. The first-order valence-corrected chi connectivity index (χ1v) is 4.88. The Hall–Kier alpha value is -0.570. The molecule has 1 rings (SSSR count). The molecular weight excluding hydrogens is 168 g/mol. The van der Waals surface area contributed by atoms with E-state index >= 15 is 0 Å². The van der Waals surface area contributed by atoms with Crippen molar-refractivity contribution in [2.75, 3.05) is 13.2 Å². The summed E-state index contributed by atoms with van der Waals surface area (Å²) < 4.78 is 5.10. The van der Waals surface area contributed by atoms with Crippen LogP contribution in [0.15, 0.2) is 0 Å². The Kier molecular flexibility index (Phi) is 3.31. The molecule has 0 amide bonds. The lowest BCUT2D eigenvalue weighted by Crippen LogP contribution is -2.42. The van der Waals surface area contributed by atoms with Crippen LogP contribution in [0.25, 0.3) is 0 Å². The minimum atomic E-state index is -0.657. The molecular formula is C10H18O3. The Morgan fingerprint density at radius 3 is 2.54 bits per heavy atom. The summed E-state index contributed by atoms with van der Waals surface area (Å²) >= 11 is 0. The van der Waals surface area contributed by atoms with Gasteiger partial charge >= 0.3 is 5.97 Å². The highest BCUT2D eigenvalue weighted by Gasteiger charge is 2.37. The van der Waals surface area contributed by atoms with E-state index in [1.807, 2.05) is 6.92 Å². The van der Waals surface area contributed by atoms with Crippen LogP contribution in [0.3, 0.4) is 0 Å². The normalized spacial score (nSPS) is 22.0. The number of carboxylic acids is 1. The molecule has 0 spiro atoms. The van der Waals surface area contributed by atoms with Gasteiger partial charge in [-0.1, -0.05) is 20.3 Å². The molecule has 0 radical (unpaired) electrons. The number of carbonyl (C=O) groups is 1. The summed E-state index contributed by atoms with van der Waals surface area (Å²) in [5.41, 5.74) is 0.123. The van der Waals surface area contributed by atoms with Crippen LogP contribution in [-0.4, -0.2) is 24.3 Å². The van der Waals surface area contributed by atoms with Gasteiger partial charge in [-0.15, -0.1) is 0 Å². The van der Waals surface area contributed by atoms with Crippen LogP contribution in [0, 0.1) is 11.3 Å². The van der Waals surface area contributed by atoms with Gasteiger partial charge in [0, 0.05) is 5.41 Å². The molecule has 3 heteroatoms. The maximum atomic E-state index is 10.9. The van der Waals surface area contributed by atoms with Crippen molar-refractivity contribution in [1.82, 2.24) is 0 Å². The van der Waals surface area contributed by atoms with Crippen molar-refractivity contribution in [3.05, 3.63) is 0 Å². The number of rotatable bonds is 5. The van der Waals surface area contributed by atoms with Crippen LogP contribution in [0.4, 0.5) is 0 Å². The predicted molar refractivity (Wildman–Crippen MR) is 49.6 cm³/mol. The molecule has 1 heterocycles. The highest BCUT2D eigenvalue weighted by atomic mass is 16.5. The average molecular weight is 186 g/mol. The molecule has 0 aromatic rings. The third-order valence-corrected chi connectivity index (χ3v) is 2.63. The van der Waals surface area contributed by atoms with Crippen LogP contribution >= 0.6 is 0 Å². The second kappa shape index (κ2) is 4.09. The van der Waals surface area contributed by atoms with E-state index in [0.29, 0.717) is 0 Å². The van der Waals surface area contributed by atoms with Crippen molar-refractivity contribution < 1.29 is 14.6 Å². The van der Waals surface area contributed by atoms with Gasteiger partial charge in [0.1, 0.15) is 0 Å². The summed E-state index contributed by atoms with van der Waals surface area (Å²) in [5.74, 6) is -0.839. The van der Waals surface area contributed by atoms with Gasteiger partial charge in [-0.3, -0.25) is 4.79 Å². The molecule has 0 aromatic heterocycles. The van der Waals surface area contributed by atoms with Crippen LogP contribution in [0.1, 0.15) is 33.1 Å². The van der Waals surface area contributed by atoms with Crippen LogP contribution in [0.2, 0.25) is 0 Å². The zero-order chi connectivity index (χ0) is 9.90. The van der Waals surface area contributed by atoms with Gasteiger partial charge in [-0.2, -0.15) is 0 Å².